The first kappa shape index (κ1) is 26.5. The highest BCUT2D eigenvalue weighted by Crippen LogP contribution is 2.39. The van der Waals surface area contributed by atoms with Crippen molar-refractivity contribution in [1.82, 2.24) is 0 Å². The molecular weight excluding hydrogens is 458 g/mol. The van der Waals surface area contributed by atoms with Crippen molar-refractivity contribution in [2.75, 3.05) is 32.8 Å². The minimum atomic E-state index is -1.03. The van der Waals surface area contributed by atoms with Gasteiger partial charge in [0.2, 0.25) is 0 Å². The van der Waals surface area contributed by atoms with Crippen LogP contribution in [0.5, 0.6) is 5.75 Å². The molecule has 0 amide bonds. The van der Waals surface area contributed by atoms with Crippen LogP contribution in [0.25, 0.3) is 11.1 Å². The van der Waals surface area contributed by atoms with Crippen LogP contribution >= 0.6 is 0 Å². The van der Waals surface area contributed by atoms with Crippen molar-refractivity contribution in [3.8, 4) is 16.9 Å². The number of hydrogen-bond acceptors (Lipinski definition) is 6. The van der Waals surface area contributed by atoms with Crippen LogP contribution in [0.1, 0.15) is 68.2 Å². The smallest absolute Gasteiger partial charge is 0.329 e. The zero-order chi connectivity index (χ0) is 25.7. The number of benzene rings is 2. The summed E-state index contributed by atoms with van der Waals surface area (Å²) < 4.78 is 23.1. The Kier molecular flexibility index (Phi) is 8.54. The van der Waals surface area contributed by atoms with Gasteiger partial charge in [0.05, 0.1) is 25.9 Å². The lowest BCUT2D eigenvalue weighted by Gasteiger charge is -2.35. The number of anilines is 1. The van der Waals surface area contributed by atoms with Crippen LogP contribution in [-0.2, 0) is 25.6 Å². The highest BCUT2D eigenvalue weighted by atomic mass is 16.5. The average Bonchev–Trinajstić information content (AvgIpc) is 3.41. The SMILES string of the molecule is COc1c(C(C)OC)ccc(-c2ccc(NC3(C(=O)O)CCOCC3)cc2COC2CCCC2)c1C. The highest BCUT2D eigenvalue weighted by Gasteiger charge is 2.40. The quantitative estimate of drug-likeness (QED) is 0.424. The third-order valence-corrected chi connectivity index (χ3v) is 7.74. The van der Waals surface area contributed by atoms with E-state index < -0.39 is 11.5 Å². The lowest BCUT2D eigenvalue weighted by Crippen LogP contribution is -2.50. The van der Waals surface area contributed by atoms with Crippen molar-refractivity contribution >= 4 is 11.7 Å². The van der Waals surface area contributed by atoms with Gasteiger partial charge in [-0.3, -0.25) is 0 Å². The molecule has 2 N–H and O–H groups in total. The lowest BCUT2D eigenvalue weighted by atomic mass is 9.89. The number of methoxy groups -OCH3 is 2. The summed E-state index contributed by atoms with van der Waals surface area (Å²) in [6.45, 7) is 5.40. The van der Waals surface area contributed by atoms with Crippen LogP contribution in [0.3, 0.4) is 0 Å². The summed E-state index contributed by atoms with van der Waals surface area (Å²) in [7, 11) is 3.38. The first-order valence-electron chi connectivity index (χ1n) is 12.9. The Labute approximate surface area is 214 Å². The van der Waals surface area contributed by atoms with Gasteiger partial charge in [-0.05, 0) is 61.1 Å². The molecule has 1 aliphatic heterocycles. The number of carboxylic acids is 1. The van der Waals surface area contributed by atoms with Gasteiger partial charge >= 0.3 is 5.97 Å². The number of hydrogen-bond donors (Lipinski definition) is 2. The summed E-state index contributed by atoms with van der Waals surface area (Å²) in [6.07, 6.45) is 5.63. The molecule has 7 heteroatoms. The Morgan fingerprint density at radius 3 is 2.47 bits per heavy atom. The highest BCUT2D eigenvalue weighted by molar-refractivity contribution is 5.84. The molecule has 1 saturated carbocycles. The van der Waals surface area contributed by atoms with Crippen molar-refractivity contribution in [3.05, 3.63) is 47.0 Å². The van der Waals surface area contributed by atoms with Gasteiger partial charge in [0.15, 0.2) is 0 Å². The fraction of sp³-hybridized carbons (Fsp3) is 0.552. The van der Waals surface area contributed by atoms with E-state index in [1.807, 2.05) is 19.1 Å². The fourth-order valence-corrected chi connectivity index (χ4v) is 5.43. The van der Waals surface area contributed by atoms with E-state index in [1.165, 1.54) is 12.8 Å². The number of aliphatic carboxylic acids is 1. The molecule has 7 nitrogen and oxygen atoms in total. The molecule has 1 heterocycles. The van der Waals surface area contributed by atoms with E-state index in [4.69, 9.17) is 18.9 Å². The molecule has 1 unspecified atom stereocenters. The maximum atomic E-state index is 12.2. The van der Waals surface area contributed by atoms with Crippen LogP contribution in [0, 0.1) is 6.92 Å². The van der Waals surface area contributed by atoms with Crippen molar-refractivity contribution < 1.29 is 28.8 Å². The predicted octanol–water partition coefficient (Wildman–Crippen LogP) is 5.88. The van der Waals surface area contributed by atoms with Gasteiger partial charge in [0, 0.05) is 44.4 Å². The number of rotatable bonds is 10. The molecule has 2 fully saturated rings. The molecule has 4 rings (SSSR count). The van der Waals surface area contributed by atoms with E-state index >= 15 is 0 Å². The Hall–Kier alpha value is -2.61. The van der Waals surface area contributed by atoms with E-state index in [1.54, 1.807) is 14.2 Å². The standard InChI is InChI=1S/C29H39NO6/c1-19-24(11-12-25(20(2)33-3)27(19)34-4)26-10-9-22(17-21(26)18-36-23-7-5-6-8-23)30-29(28(31)32)13-15-35-16-14-29/h9-12,17,20,23,30H,5-8,13-16,18H2,1-4H3,(H,31,32). The second-order valence-corrected chi connectivity index (χ2v) is 9.95. The number of ether oxygens (including phenoxy) is 4. The average molecular weight is 498 g/mol. The van der Waals surface area contributed by atoms with E-state index in [2.05, 4.69) is 30.4 Å². The van der Waals surface area contributed by atoms with Gasteiger partial charge in [0.25, 0.3) is 0 Å². The van der Waals surface area contributed by atoms with Crippen LogP contribution < -0.4 is 10.1 Å². The van der Waals surface area contributed by atoms with Gasteiger partial charge in [0.1, 0.15) is 11.3 Å². The predicted molar refractivity (Wildman–Crippen MR) is 140 cm³/mol. The van der Waals surface area contributed by atoms with Crippen LogP contribution in [0.2, 0.25) is 0 Å². The summed E-state index contributed by atoms with van der Waals surface area (Å²) in [5.41, 5.74) is 4.94. The number of carboxylic acid groups (broad SMARTS) is 1. The molecule has 0 aromatic heterocycles. The second kappa shape index (κ2) is 11.6. The summed E-state index contributed by atoms with van der Waals surface area (Å²) >= 11 is 0. The van der Waals surface area contributed by atoms with Gasteiger partial charge in [-0.2, -0.15) is 0 Å². The maximum absolute atomic E-state index is 12.2. The summed E-state index contributed by atoms with van der Waals surface area (Å²) in [4.78, 5) is 12.2. The monoisotopic (exact) mass is 497 g/mol. The molecule has 0 bridgehead atoms. The zero-order valence-corrected chi connectivity index (χ0v) is 21.9. The third-order valence-electron chi connectivity index (χ3n) is 7.74. The van der Waals surface area contributed by atoms with Crippen molar-refractivity contribution in [2.45, 2.75) is 76.7 Å². The minimum absolute atomic E-state index is 0.0869. The Balaban J connectivity index is 1.72. The first-order chi connectivity index (χ1) is 17.4. The number of carbonyl (C=O) groups is 1. The normalized spacial score (nSPS) is 18.7. The zero-order valence-electron chi connectivity index (χ0n) is 21.9. The molecule has 0 spiro atoms. The molecule has 1 saturated heterocycles. The Morgan fingerprint density at radius 1 is 1.14 bits per heavy atom. The van der Waals surface area contributed by atoms with E-state index in [9.17, 15) is 9.90 Å². The molecule has 1 aliphatic carbocycles. The van der Waals surface area contributed by atoms with Gasteiger partial charge in [-0.1, -0.05) is 31.0 Å². The first-order valence-corrected chi connectivity index (χ1v) is 12.9. The summed E-state index contributed by atoms with van der Waals surface area (Å²) in [6, 6.07) is 10.2. The van der Waals surface area contributed by atoms with Crippen LogP contribution in [0.4, 0.5) is 5.69 Å². The summed E-state index contributed by atoms with van der Waals surface area (Å²) in [5, 5.41) is 13.4. The topological polar surface area (TPSA) is 86.3 Å². The molecule has 1 atom stereocenters. The van der Waals surface area contributed by atoms with Crippen molar-refractivity contribution in [1.29, 1.82) is 0 Å². The minimum Gasteiger partial charge on any atom is -0.496 e. The van der Waals surface area contributed by atoms with Crippen molar-refractivity contribution in [2.24, 2.45) is 0 Å². The van der Waals surface area contributed by atoms with Gasteiger partial charge in [-0.15, -0.1) is 0 Å². The van der Waals surface area contributed by atoms with E-state index in [0.717, 1.165) is 52.1 Å². The van der Waals surface area contributed by atoms with Gasteiger partial charge < -0.3 is 29.4 Å². The summed E-state index contributed by atoms with van der Waals surface area (Å²) in [5.74, 6) is -0.0270. The third kappa shape index (κ3) is 5.53. The molecular formula is C29H39NO6. The van der Waals surface area contributed by atoms with Gasteiger partial charge in [-0.25, -0.2) is 4.79 Å². The van der Waals surface area contributed by atoms with Crippen LogP contribution in [-0.4, -0.2) is 50.2 Å². The van der Waals surface area contributed by atoms with Crippen molar-refractivity contribution in [3.63, 3.8) is 0 Å². The molecule has 2 aromatic rings. The molecule has 2 aliphatic rings. The Morgan fingerprint density at radius 2 is 1.83 bits per heavy atom. The lowest BCUT2D eigenvalue weighted by molar-refractivity contribution is -0.145. The Bertz CT molecular complexity index is 1060. The van der Waals surface area contributed by atoms with Crippen LogP contribution in [0.15, 0.2) is 30.3 Å². The second-order valence-electron chi connectivity index (χ2n) is 9.95. The maximum Gasteiger partial charge on any atom is 0.329 e. The fourth-order valence-electron chi connectivity index (χ4n) is 5.43. The number of nitrogens with one attached hydrogen (secondary N) is 1. The van der Waals surface area contributed by atoms with E-state index in [0.29, 0.717) is 32.7 Å². The molecule has 196 valence electrons. The molecule has 0 radical (unpaired) electrons. The molecule has 36 heavy (non-hydrogen) atoms. The molecule has 2 aromatic carbocycles. The van der Waals surface area contributed by atoms with E-state index in [-0.39, 0.29) is 12.2 Å². The largest absolute Gasteiger partial charge is 0.496 e.